The second kappa shape index (κ2) is 12.5. The molecule has 0 saturated carbocycles. The normalized spacial score (nSPS) is 12.7. The first-order valence-corrected chi connectivity index (χ1v) is 9.56. The molecule has 0 fully saturated rings. The summed E-state index contributed by atoms with van der Waals surface area (Å²) >= 11 is 0. The molecule has 1 aromatic carbocycles. The summed E-state index contributed by atoms with van der Waals surface area (Å²) in [6.45, 7) is 4.07. The molecule has 29 heavy (non-hydrogen) atoms. The van der Waals surface area contributed by atoms with Crippen molar-refractivity contribution in [2.45, 2.75) is 51.8 Å². The first-order chi connectivity index (χ1) is 13.8. The van der Waals surface area contributed by atoms with Crippen molar-refractivity contribution in [3.8, 4) is 0 Å². The molecule has 0 aromatic heterocycles. The van der Waals surface area contributed by atoms with Gasteiger partial charge in [0.15, 0.2) is 5.96 Å². The largest absolute Gasteiger partial charge is 0.444 e. The Balaban J connectivity index is 2.92. The number of carbonyl (C=O) groups is 3. The van der Waals surface area contributed by atoms with Gasteiger partial charge in [0.1, 0.15) is 12.9 Å². The summed E-state index contributed by atoms with van der Waals surface area (Å²) in [7, 11) is 0. The highest BCUT2D eigenvalue weighted by Gasteiger charge is 2.34. The van der Waals surface area contributed by atoms with Crippen LogP contribution in [0.15, 0.2) is 35.3 Å². The highest BCUT2D eigenvalue weighted by molar-refractivity contribution is 5.97. The summed E-state index contributed by atoms with van der Waals surface area (Å²) in [5.41, 5.74) is 17.3. The van der Waals surface area contributed by atoms with E-state index in [4.69, 9.17) is 21.9 Å². The van der Waals surface area contributed by atoms with Crippen LogP contribution in [-0.4, -0.2) is 47.8 Å². The Labute approximate surface area is 171 Å². The standard InChI is InChI=1S/C20H31N5O4/c1-14(2)11-17(21)18(27)25(16(12-26)9-6-10-24-19(22)23)20(28)29-13-15-7-4-3-5-8-15/h3-5,7-8,12,14,16-17H,6,9-11,13,21H2,1-2H3,(H4,22,23,24)/t16-,17-/m0/s1. The Morgan fingerprint density at radius 2 is 1.86 bits per heavy atom. The van der Waals surface area contributed by atoms with Crippen LogP contribution in [0, 0.1) is 5.92 Å². The van der Waals surface area contributed by atoms with Crippen molar-refractivity contribution in [3.05, 3.63) is 35.9 Å². The Morgan fingerprint density at radius 1 is 1.21 bits per heavy atom. The first-order valence-electron chi connectivity index (χ1n) is 9.56. The molecule has 9 heteroatoms. The maximum absolute atomic E-state index is 12.8. The van der Waals surface area contributed by atoms with Gasteiger partial charge in [-0.05, 0) is 30.7 Å². The third kappa shape index (κ3) is 8.73. The van der Waals surface area contributed by atoms with Crippen LogP contribution < -0.4 is 17.2 Å². The van der Waals surface area contributed by atoms with E-state index in [-0.39, 0.29) is 31.4 Å². The minimum Gasteiger partial charge on any atom is -0.444 e. The quantitative estimate of drug-likeness (QED) is 0.216. The van der Waals surface area contributed by atoms with Gasteiger partial charge in [0.25, 0.3) is 0 Å². The van der Waals surface area contributed by atoms with Crippen LogP contribution in [0.3, 0.4) is 0 Å². The lowest BCUT2D eigenvalue weighted by molar-refractivity contribution is -0.136. The van der Waals surface area contributed by atoms with Crippen molar-refractivity contribution in [1.29, 1.82) is 0 Å². The zero-order valence-electron chi connectivity index (χ0n) is 17.0. The molecule has 0 radical (unpaired) electrons. The van der Waals surface area contributed by atoms with Crippen molar-refractivity contribution >= 4 is 24.2 Å². The van der Waals surface area contributed by atoms with E-state index in [1.807, 2.05) is 32.0 Å². The lowest BCUT2D eigenvalue weighted by Gasteiger charge is -2.28. The van der Waals surface area contributed by atoms with E-state index < -0.39 is 24.1 Å². The number of aldehydes is 1. The van der Waals surface area contributed by atoms with E-state index in [0.717, 1.165) is 10.5 Å². The molecular weight excluding hydrogens is 374 g/mol. The zero-order valence-corrected chi connectivity index (χ0v) is 17.0. The Hall–Kier alpha value is -2.94. The molecule has 160 valence electrons. The van der Waals surface area contributed by atoms with Gasteiger partial charge in [-0.25, -0.2) is 9.69 Å². The van der Waals surface area contributed by atoms with E-state index in [1.165, 1.54) is 0 Å². The third-order valence-electron chi connectivity index (χ3n) is 4.12. The summed E-state index contributed by atoms with van der Waals surface area (Å²) < 4.78 is 5.28. The van der Waals surface area contributed by atoms with Crippen LogP contribution in [0.4, 0.5) is 4.79 Å². The molecular formula is C20H31N5O4. The molecule has 0 spiro atoms. The summed E-state index contributed by atoms with van der Waals surface area (Å²) in [5.74, 6) is -0.565. The van der Waals surface area contributed by atoms with E-state index in [1.54, 1.807) is 12.1 Å². The van der Waals surface area contributed by atoms with Gasteiger partial charge in [-0.1, -0.05) is 44.2 Å². The van der Waals surface area contributed by atoms with Gasteiger partial charge in [-0.15, -0.1) is 0 Å². The van der Waals surface area contributed by atoms with Crippen molar-refractivity contribution in [1.82, 2.24) is 4.90 Å². The number of imide groups is 1. The van der Waals surface area contributed by atoms with Crippen molar-refractivity contribution < 1.29 is 19.1 Å². The fourth-order valence-electron chi connectivity index (χ4n) is 2.73. The SMILES string of the molecule is CC(C)C[C@H](N)C(=O)N(C(=O)OCc1ccccc1)[C@H](C=O)CCCN=C(N)N. The average Bonchev–Trinajstić information content (AvgIpc) is 2.68. The highest BCUT2D eigenvalue weighted by Crippen LogP contribution is 2.14. The number of ether oxygens (including phenoxy) is 1. The van der Waals surface area contributed by atoms with Crippen LogP contribution in [0.5, 0.6) is 0 Å². The Morgan fingerprint density at radius 3 is 2.41 bits per heavy atom. The maximum atomic E-state index is 12.8. The maximum Gasteiger partial charge on any atom is 0.417 e. The molecule has 0 bridgehead atoms. The Bertz CT molecular complexity index is 689. The van der Waals surface area contributed by atoms with Crippen molar-refractivity contribution in [2.24, 2.45) is 28.1 Å². The number of hydrogen-bond donors (Lipinski definition) is 3. The molecule has 2 amide bonds. The summed E-state index contributed by atoms with van der Waals surface area (Å²) in [6, 6.07) is 7.10. The third-order valence-corrected chi connectivity index (χ3v) is 4.12. The minimum atomic E-state index is -1.02. The number of hydrogen-bond acceptors (Lipinski definition) is 6. The molecule has 2 atom stereocenters. The van der Waals surface area contributed by atoms with Crippen LogP contribution >= 0.6 is 0 Å². The fourth-order valence-corrected chi connectivity index (χ4v) is 2.73. The lowest BCUT2D eigenvalue weighted by Crippen LogP contribution is -2.52. The molecule has 9 nitrogen and oxygen atoms in total. The van der Waals surface area contributed by atoms with E-state index in [0.29, 0.717) is 19.1 Å². The monoisotopic (exact) mass is 405 g/mol. The van der Waals surface area contributed by atoms with E-state index in [2.05, 4.69) is 4.99 Å². The lowest BCUT2D eigenvalue weighted by atomic mass is 10.0. The number of carbonyl (C=O) groups excluding carboxylic acids is 3. The second-order valence-electron chi connectivity index (χ2n) is 7.14. The molecule has 6 N–H and O–H groups in total. The summed E-state index contributed by atoms with van der Waals surface area (Å²) in [6.07, 6.45) is 0.606. The average molecular weight is 405 g/mol. The van der Waals surface area contributed by atoms with E-state index >= 15 is 0 Å². The van der Waals surface area contributed by atoms with Gasteiger partial charge < -0.3 is 26.7 Å². The second-order valence-corrected chi connectivity index (χ2v) is 7.14. The predicted octanol–water partition coefficient (Wildman–Crippen LogP) is 1.15. The zero-order chi connectivity index (χ0) is 21.8. The molecule has 0 aliphatic carbocycles. The first kappa shape index (κ1) is 24.1. The molecule has 0 unspecified atom stereocenters. The smallest absolute Gasteiger partial charge is 0.417 e. The summed E-state index contributed by atoms with van der Waals surface area (Å²) in [5, 5.41) is 0. The number of amides is 2. The van der Waals surface area contributed by atoms with Gasteiger partial charge in [0.05, 0.1) is 12.1 Å². The van der Waals surface area contributed by atoms with Gasteiger partial charge in [-0.3, -0.25) is 9.79 Å². The number of nitrogens with two attached hydrogens (primary N) is 3. The molecule has 1 rings (SSSR count). The fraction of sp³-hybridized carbons (Fsp3) is 0.500. The Kier molecular flexibility index (Phi) is 10.4. The minimum absolute atomic E-state index is 0.0253. The molecule has 0 heterocycles. The highest BCUT2D eigenvalue weighted by atomic mass is 16.6. The molecule has 0 saturated heterocycles. The van der Waals surface area contributed by atoms with Crippen LogP contribution in [0.25, 0.3) is 0 Å². The van der Waals surface area contributed by atoms with E-state index in [9.17, 15) is 14.4 Å². The van der Waals surface area contributed by atoms with Gasteiger partial charge in [0.2, 0.25) is 5.91 Å². The van der Waals surface area contributed by atoms with Crippen LogP contribution in [0.1, 0.15) is 38.7 Å². The van der Waals surface area contributed by atoms with Gasteiger partial charge in [0, 0.05) is 6.54 Å². The number of guanidine groups is 1. The number of nitrogens with zero attached hydrogens (tertiary/aromatic N) is 2. The van der Waals surface area contributed by atoms with Crippen molar-refractivity contribution in [3.63, 3.8) is 0 Å². The van der Waals surface area contributed by atoms with Crippen LogP contribution in [0.2, 0.25) is 0 Å². The molecule has 1 aromatic rings. The number of benzene rings is 1. The van der Waals surface area contributed by atoms with Gasteiger partial charge >= 0.3 is 6.09 Å². The number of rotatable bonds is 11. The number of aliphatic imine (C=N–C) groups is 1. The molecule has 0 aliphatic heterocycles. The van der Waals surface area contributed by atoms with Gasteiger partial charge in [-0.2, -0.15) is 0 Å². The predicted molar refractivity (Wildman–Crippen MR) is 111 cm³/mol. The van der Waals surface area contributed by atoms with Crippen molar-refractivity contribution in [2.75, 3.05) is 6.54 Å². The summed E-state index contributed by atoms with van der Waals surface area (Å²) in [4.78, 5) is 41.9. The topological polar surface area (TPSA) is 154 Å². The molecule has 0 aliphatic rings. The van der Waals surface area contributed by atoms with Crippen LogP contribution in [-0.2, 0) is 20.9 Å².